The summed E-state index contributed by atoms with van der Waals surface area (Å²) in [5.74, 6) is 2.11. The van der Waals surface area contributed by atoms with E-state index in [1.54, 1.807) is 4.57 Å². The van der Waals surface area contributed by atoms with Crippen LogP contribution in [0, 0.1) is 12.5 Å². The molecule has 4 nitrogen and oxygen atoms in total. The number of terminal acetylenes is 1. The smallest absolute Gasteiger partial charge is 0.389 e. The molecule has 0 unspecified atom stereocenters. The molecule has 0 N–H and O–H groups in total. The average molecular weight is 558 g/mol. The van der Waals surface area contributed by atoms with Gasteiger partial charge in [-0.15, -0.1) is 0 Å². The Morgan fingerprint density at radius 1 is 0.767 bits per heavy atom. The Hall–Kier alpha value is -5.79. The Morgan fingerprint density at radius 2 is 1.40 bits per heavy atom. The lowest BCUT2D eigenvalue weighted by Gasteiger charge is -2.19. The van der Waals surface area contributed by atoms with E-state index in [2.05, 4.69) is 96.7 Å². The zero-order valence-corrected chi connectivity index (χ0v) is 23.8. The summed E-state index contributed by atoms with van der Waals surface area (Å²) in [7, 11) is 0. The predicted octanol–water partition coefficient (Wildman–Crippen LogP) is 9.36. The highest BCUT2D eigenvalue weighted by Crippen LogP contribution is 2.46. The van der Waals surface area contributed by atoms with Crippen LogP contribution < -0.4 is 14.2 Å². The van der Waals surface area contributed by atoms with Crippen molar-refractivity contribution < 1.29 is 13.7 Å². The largest absolute Gasteiger partial charge is 0.438 e. The van der Waals surface area contributed by atoms with Crippen molar-refractivity contribution in [1.29, 1.82) is 0 Å². The molecule has 0 spiro atoms. The SMILES string of the molecule is C#C[n+]1c(C=C(C=C2Oc3ccc(-c4ccccc4)cc3N2c2ccccc2)CC)oc2ccc(-c3ccccc3)cc21. The standard InChI is InChI=1S/C39H29N2O2/c1-3-28(24-38-40(4-2)34-26-31(20-22-36(34)42-38)29-14-8-5-9-15-29)25-39-41(33-18-12-7-13-19-33)35-27-32(21-23-37(35)43-39)30-16-10-6-11-17-30/h2,5-27H,3H2,1H3/q+1. The molecule has 7 rings (SSSR count). The lowest BCUT2D eigenvalue weighted by Crippen LogP contribution is -2.29. The first-order chi connectivity index (χ1) is 21.2. The summed E-state index contributed by atoms with van der Waals surface area (Å²) in [6, 6.07) is 46.2. The number of allylic oxidation sites excluding steroid dienone is 2. The van der Waals surface area contributed by atoms with Gasteiger partial charge in [0.05, 0.1) is 11.8 Å². The second-order valence-corrected chi connectivity index (χ2v) is 10.3. The fourth-order valence-electron chi connectivity index (χ4n) is 5.46. The van der Waals surface area contributed by atoms with Crippen LogP contribution in [0.3, 0.4) is 0 Å². The van der Waals surface area contributed by atoms with Gasteiger partial charge in [-0.1, -0.05) is 102 Å². The molecule has 0 radical (unpaired) electrons. The molecule has 0 atom stereocenters. The first-order valence-electron chi connectivity index (χ1n) is 14.4. The van der Waals surface area contributed by atoms with Crippen LogP contribution in [-0.2, 0) is 0 Å². The number of aromatic nitrogens is 1. The molecule has 0 saturated heterocycles. The number of fused-ring (bicyclic) bond motifs is 2. The number of nitrogens with zero attached hydrogens (tertiary/aromatic N) is 2. The summed E-state index contributed by atoms with van der Waals surface area (Å²) >= 11 is 0. The van der Waals surface area contributed by atoms with E-state index < -0.39 is 0 Å². The Labute approximate surface area is 251 Å². The molecule has 0 aliphatic carbocycles. The summed E-state index contributed by atoms with van der Waals surface area (Å²) in [5.41, 5.74) is 9.09. The topological polar surface area (TPSA) is 29.5 Å². The van der Waals surface area contributed by atoms with Gasteiger partial charge in [-0.25, -0.2) is 0 Å². The number of para-hydroxylation sites is 1. The van der Waals surface area contributed by atoms with Crippen molar-refractivity contribution in [3.8, 4) is 40.5 Å². The third kappa shape index (κ3) is 4.98. The monoisotopic (exact) mass is 557 g/mol. The van der Waals surface area contributed by atoms with Gasteiger partial charge < -0.3 is 9.15 Å². The molecule has 0 amide bonds. The van der Waals surface area contributed by atoms with Gasteiger partial charge in [-0.2, -0.15) is 0 Å². The highest BCUT2D eigenvalue weighted by molar-refractivity contribution is 5.82. The second kappa shape index (κ2) is 11.2. The molecule has 0 saturated carbocycles. The molecule has 206 valence electrons. The predicted molar refractivity (Wildman–Crippen MR) is 174 cm³/mol. The number of hydrogen-bond acceptors (Lipinski definition) is 3. The van der Waals surface area contributed by atoms with Crippen LogP contribution in [-0.4, -0.2) is 0 Å². The normalized spacial score (nSPS) is 13.6. The van der Waals surface area contributed by atoms with Gasteiger partial charge in [0.25, 0.3) is 5.52 Å². The van der Waals surface area contributed by atoms with E-state index in [1.807, 2.05) is 60.7 Å². The number of ether oxygens (including phenoxy) is 1. The Balaban J connectivity index is 1.30. The Bertz CT molecular complexity index is 2030. The molecular weight excluding hydrogens is 528 g/mol. The lowest BCUT2D eigenvalue weighted by atomic mass is 10.0. The van der Waals surface area contributed by atoms with Crippen molar-refractivity contribution >= 4 is 28.6 Å². The fraction of sp³-hybridized carbons (Fsp3) is 0.0513. The van der Waals surface area contributed by atoms with Crippen LogP contribution in [0.15, 0.2) is 149 Å². The molecule has 1 aromatic heterocycles. The fourth-order valence-corrected chi connectivity index (χ4v) is 5.46. The molecule has 0 fully saturated rings. The minimum atomic E-state index is 0.588. The van der Waals surface area contributed by atoms with E-state index in [-0.39, 0.29) is 0 Å². The van der Waals surface area contributed by atoms with Crippen LogP contribution in [0.2, 0.25) is 0 Å². The minimum Gasteiger partial charge on any atom is -0.438 e. The third-order valence-electron chi connectivity index (χ3n) is 7.65. The van der Waals surface area contributed by atoms with Gasteiger partial charge >= 0.3 is 5.89 Å². The minimum absolute atomic E-state index is 0.588. The highest BCUT2D eigenvalue weighted by atomic mass is 16.5. The van der Waals surface area contributed by atoms with E-state index in [0.29, 0.717) is 11.8 Å². The molecule has 1 aliphatic heterocycles. The first kappa shape index (κ1) is 26.1. The van der Waals surface area contributed by atoms with Crippen molar-refractivity contribution in [3.05, 3.63) is 151 Å². The number of oxazole rings is 1. The summed E-state index contributed by atoms with van der Waals surface area (Å²) in [5, 5.41) is 0. The van der Waals surface area contributed by atoms with Gasteiger partial charge in [0, 0.05) is 17.8 Å². The number of benzene rings is 5. The average Bonchev–Trinajstić information content (AvgIpc) is 3.61. The van der Waals surface area contributed by atoms with E-state index in [4.69, 9.17) is 15.6 Å². The maximum atomic E-state index is 6.48. The van der Waals surface area contributed by atoms with Crippen molar-refractivity contribution in [3.63, 3.8) is 0 Å². The van der Waals surface area contributed by atoms with Crippen LogP contribution >= 0.6 is 0 Å². The van der Waals surface area contributed by atoms with E-state index in [1.165, 1.54) is 0 Å². The molecular formula is C39H29N2O2+. The van der Waals surface area contributed by atoms with Crippen LogP contribution in [0.5, 0.6) is 5.75 Å². The van der Waals surface area contributed by atoms with Crippen molar-refractivity contribution in [2.45, 2.75) is 13.3 Å². The first-order valence-corrected chi connectivity index (χ1v) is 14.4. The number of anilines is 2. The van der Waals surface area contributed by atoms with Crippen LogP contribution in [0.4, 0.5) is 11.4 Å². The number of rotatable bonds is 6. The number of hydrogen-bond donors (Lipinski definition) is 0. The Kier molecular flexibility index (Phi) is 6.83. The molecule has 6 aromatic rings. The molecule has 1 aliphatic rings. The highest BCUT2D eigenvalue weighted by Gasteiger charge is 2.29. The van der Waals surface area contributed by atoms with Gasteiger partial charge in [0.1, 0.15) is 0 Å². The van der Waals surface area contributed by atoms with Crippen molar-refractivity contribution in [1.82, 2.24) is 0 Å². The zero-order chi connectivity index (χ0) is 29.2. The van der Waals surface area contributed by atoms with Crippen LogP contribution in [0.25, 0.3) is 39.4 Å². The summed E-state index contributed by atoms with van der Waals surface area (Å²) in [4.78, 5) is 2.16. The maximum Gasteiger partial charge on any atom is 0.389 e. The molecule has 4 heteroatoms. The van der Waals surface area contributed by atoms with E-state index in [0.717, 1.165) is 62.5 Å². The van der Waals surface area contributed by atoms with Gasteiger partial charge in [0.15, 0.2) is 5.75 Å². The maximum absolute atomic E-state index is 6.48. The molecule has 2 heterocycles. The lowest BCUT2D eigenvalue weighted by molar-refractivity contribution is -0.562. The Morgan fingerprint density at radius 3 is 2.05 bits per heavy atom. The second-order valence-electron chi connectivity index (χ2n) is 10.3. The summed E-state index contributed by atoms with van der Waals surface area (Å²) in [6.45, 7) is 2.11. The molecule has 43 heavy (non-hydrogen) atoms. The summed E-state index contributed by atoms with van der Waals surface area (Å²) in [6.07, 6.45) is 10.8. The molecule has 5 aromatic carbocycles. The van der Waals surface area contributed by atoms with Gasteiger partial charge in [0.2, 0.25) is 17.5 Å². The van der Waals surface area contributed by atoms with Crippen molar-refractivity contribution in [2.75, 3.05) is 4.90 Å². The third-order valence-corrected chi connectivity index (χ3v) is 7.65. The quantitative estimate of drug-likeness (QED) is 0.151. The zero-order valence-electron chi connectivity index (χ0n) is 23.8. The van der Waals surface area contributed by atoms with E-state index >= 15 is 0 Å². The van der Waals surface area contributed by atoms with Crippen LogP contribution in [0.1, 0.15) is 19.2 Å². The van der Waals surface area contributed by atoms with Gasteiger partial charge in [-0.3, -0.25) is 4.90 Å². The van der Waals surface area contributed by atoms with E-state index in [9.17, 15) is 0 Å². The van der Waals surface area contributed by atoms with Crippen molar-refractivity contribution in [2.24, 2.45) is 0 Å². The van der Waals surface area contributed by atoms with Gasteiger partial charge in [-0.05, 0) is 71.0 Å². The summed E-state index contributed by atoms with van der Waals surface area (Å²) < 4.78 is 14.5. The molecule has 0 bridgehead atoms.